The van der Waals surface area contributed by atoms with Crippen molar-refractivity contribution in [3.8, 4) is 5.75 Å². The first kappa shape index (κ1) is 9.16. The molecule has 0 saturated carbocycles. The van der Waals surface area contributed by atoms with Crippen LogP contribution in [0.15, 0.2) is 18.2 Å². The summed E-state index contributed by atoms with van der Waals surface area (Å²) >= 11 is 0. The van der Waals surface area contributed by atoms with Crippen LogP contribution >= 0.6 is 0 Å². The molecule has 1 fully saturated rings. The Morgan fingerprint density at radius 3 is 2.73 bits per heavy atom. The van der Waals surface area contributed by atoms with E-state index in [0.29, 0.717) is 6.42 Å². The molecule has 2 heterocycles. The van der Waals surface area contributed by atoms with Crippen molar-refractivity contribution in [1.29, 1.82) is 0 Å². The van der Waals surface area contributed by atoms with Crippen LogP contribution in [0.3, 0.4) is 0 Å². The topological polar surface area (TPSA) is 18.5 Å². The van der Waals surface area contributed by atoms with Crippen molar-refractivity contribution >= 4 is 0 Å². The van der Waals surface area contributed by atoms with Crippen molar-refractivity contribution in [2.75, 3.05) is 13.2 Å². The van der Waals surface area contributed by atoms with E-state index in [9.17, 15) is 4.39 Å². The van der Waals surface area contributed by atoms with Crippen LogP contribution in [0.2, 0.25) is 0 Å². The molecular formula is C12H13FO2. The summed E-state index contributed by atoms with van der Waals surface area (Å²) < 4.78 is 24.7. The van der Waals surface area contributed by atoms with Crippen molar-refractivity contribution in [3.63, 3.8) is 0 Å². The van der Waals surface area contributed by atoms with Gasteiger partial charge in [-0.15, -0.1) is 0 Å². The Morgan fingerprint density at radius 2 is 2.00 bits per heavy atom. The minimum absolute atomic E-state index is 0.143. The van der Waals surface area contributed by atoms with Crippen LogP contribution in [-0.4, -0.2) is 18.8 Å². The molecule has 0 aromatic heterocycles. The number of ether oxygens (including phenoxy) is 2. The minimum Gasteiger partial charge on any atom is -0.486 e. The van der Waals surface area contributed by atoms with Crippen molar-refractivity contribution in [3.05, 3.63) is 29.6 Å². The van der Waals surface area contributed by atoms with Crippen LogP contribution in [0.4, 0.5) is 4.39 Å². The lowest BCUT2D eigenvalue weighted by molar-refractivity contribution is -0.0330. The molecule has 2 nitrogen and oxygen atoms in total. The van der Waals surface area contributed by atoms with E-state index in [1.165, 1.54) is 6.07 Å². The molecule has 0 radical (unpaired) electrons. The summed E-state index contributed by atoms with van der Waals surface area (Å²) in [6.07, 6.45) is 2.42. The maximum absolute atomic E-state index is 13.5. The van der Waals surface area contributed by atoms with Crippen molar-refractivity contribution < 1.29 is 13.9 Å². The Kier molecular flexibility index (Phi) is 1.96. The molecule has 1 spiro atoms. The molecule has 0 unspecified atom stereocenters. The summed E-state index contributed by atoms with van der Waals surface area (Å²) in [6.45, 7) is 1.44. The lowest BCUT2D eigenvalue weighted by Crippen LogP contribution is -2.40. The first-order valence-electron chi connectivity index (χ1n) is 5.33. The molecule has 80 valence electrons. The highest BCUT2D eigenvalue weighted by molar-refractivity contribution is 5.40. The maximum Gasteiger partial charge on any atom is 0.130 e. The van der Waals surface area contributed by atoms with E-state index in [1.807, 2.05) is 6.07 Å². The SMILES string of the molecule is Fc1cccc2c1CC1(CCOCC1)O2. The van der Waals surface area contributed by atoms with E-state index in [2.05, 4.69) is 0 Å². The lowest BCUT2D eigenvalue weighted by Gasteiger charge is -2.32. The summed E-state index contributed by atoms with van der Waals surface area (Å²) in [4.78, 5) is 0. The van der Waals surface area contributed by atoms with Gasteiger partial charge >= 0.3 is 0 Å². The monoisotopic (exact) mass is 208 g/mol. The largest absolute Gasteiger partial charge is 0.486 e. The highest BCUT2D eigenvalue weighted by Crippen LogP contribution is 2.41. The van der Waals surface area contributed by atoms with E-state index < -0.39 is 0 Å². The molecule has 0 bridgehead atoms. The van der Waals surface area contributed by atoms with Crippen LogP contribution in [0, 0.1) is 5.82 Å². The Labute approximate surface area is 88.0 Å². The molecule has 1 saturated heterocycles. The quantitative estimate of drug-likeness (QED) is 0.651. The Balaban J connectivity index is 1.94. The summed E-state index contributed by atoms with van der Waals surface area (Å²) in [5.41, 5.74) is 0.544. The van der Waals surface area contributed by atoms with E-state index in [4.69, 9.17) is 9.47 Å². The first-order valence-corrected chi connectivity index (χ1v) is 5.33. The van der Waals surface area contributed by atoms with Crippen molar-refractivity contribution in [2.45, 2.75) is 24.9 Å². The smallest absolute Gasteiger partial charge is 0.130 e. The van der Waals surface area contributed by atoms with Gasteiger partial charge in [-0.05, 0) is 12.1 Å². The van der Waals surface area contributed by atoms with Gasteiger partial charge in [0.2, 0.25) is 0 Å². The lowest BCUT2D eigenvalue weighted by atomic mass is 9.89. The molecule has 1 aromatic carbocycles. The minimum atomic E-state index is -0.192. The predicted octanol–water partition coefficient (Wildman–Crippen LogP) is 2.31. The van der Waals surface area contributed by atoms with Gasteiger partial charge in [0.15, 0.2) is 0 Å². The van der Waals surface area contributed by atoms with Crippen LogP contribution in [0.1, 0.15) is 18.4 Å². The third-order valence-electron chi connectivity index (χ3n) is 3.31. The number of benzene rings is 1. The Morgan fingerprint density at radius 1 is 1.20 bits per heavy atom. The van der Waals surface area contributed by atoms with Crippen molar-refractivity contribution in [2.24, 2.45) is 0 Å². The molecule has 0 amide bonds. The second kappa shape index (κ2) is 3.20. The average Bonchev–Trinajstić information content (AvgIpc) is 2.59. The van der Waals surface area contributed by atoms with Crippen molar-refractivity contribution in [1.82, 2.24) is 0 Å². The molecule has 2 aliphatic heterocycles. The second-order valence-electron chi connectivity index (χ2n) is 4.29. The van der Waals surface area contributed by atoms with Gasteiger partial charge in [-0.2, -0.15) is 0 Å². The summed E-state index contributed by atoms with van der Waals surface area (Å²) in [5.74, 6) is 0.577. The molecule has 2 aliphatic rings. The fraction of sp³-hybridized carbons (Fsp3) is 0.500. The summed E-state index contributed by atoms with van der Waals surface area (Å²) in [7, 11) is 0. The van der Waals surface area contributed by atoms with Gasteiger partial charge in [0.25, 0.3) is 0 Å². The standard InChI is InChI=1S/C12H13FO2/c13-10-2-1-3-11-9(10)8-12(15-11)4-6-14-7-5-12/h1-3H,4-8H2. The molecule has 1 aromatic rings. The average molecular weight is 208 g/mol. The van der Waals surface area contributed by atoms with Gasteiger partial charge in [-0.25, -0.2) is 4.39 Å². The first-order chi connectivity index (χ1) is 7.29. The van der Waals surface area contributed by atoms with Crippen LogP contribution in [-0.2, 0) is 11.2 Å². The zero-order valence-electron chi connectivity index (χ0n) is 8.46. The highest BCUT2D eigenvalue weighted by Gasteiger charge is 2.41. The normalized spacial score (nSPS) is 22.5. The Bertz CT molecular complexity index is 383. The van der Waals surface area contributed by atoms with E-state index in [0.717, 1.165) is 37.4 Å². The van der Waals surface area contributed by atoms with E-state index >= 15 is 0 Å². The van der Waals surface area contributed by atoms with Gasteiger partial charge in [0.05, 0.1) is 13.2 Å². The summed E-state index contributed by atoms with van der Waals surface area (Å²) in [6, 6.07) is 5.05. The summed E-state index contributed by atoms with van der Waals surface area (Å²) in [5, 5.41) is 0. The van der Waals surface area contributed by atoms with Gasteiger partial charge in [0.1, 0.15) is 17.2 Å². The predicted molar refractivity (Wildman–Crippen MR) is 53.5 cm³/mol. The number of hydrogen-bond acceptors (Lipinski definition) is 2. The third-order valence-corrected chi connectivity index (χ3v) is 3.31. The molecule has 15 heavy (non-hydrogen) atoms. The molecule has 0 aliphatic carbocycles. The zero-order chi connectivity index (χ0) is 10.3. The van der Waals surface area contributed by atoms with Gasteiger partial charge in [-0.3, -0.25) is 0 Å². The van der Waals surface area contributed by atoms with Gasteiger partial charge < -0.3 is 9.47 Å². The molecule has 3 rings (SSSR count). The molecular weight excluding hydrogens is 195 g/mol. The number of hydrogen-bond donors (Lipinski definition) is 0. The van der Waals surface area contributed by atoms with Gasteiger partial charge in [-0.1, -0.05) is 6.07 Å². The number of fused-ring (bicyclic) bond motifs is 1. The highest BCUT2D eigenvalue weighted by atomic mass is 19.1. The fourth-order valence-electron chi connectivity index (χ4n) is 2.42. The molecule has 0 N–H and O–H groups in total. The van der Waals surface area contributed by atoms with E-state index in [1.54, 1.807) is 6.07 Å². The number of rotatable bonds is 0. The zero-order valence-corrected chi connectivity index (χ0v) is 8.46. The fourth-order valence-corrected chi connectivity index (χ4v) is 2.42. The van der Waals surface area contributed by atoms with Crippen LogP contribution in [0.25, 0.3) is 0 Å². The van der Waals surface area contributed by atoms with E-state index in [-0.39, 0.29) is 11.4 Å². The van der Waals surface area contributed by atoms with Crippen LogP contribution < -0.4 is 4.74 Å². The van der Waals surface area contributed by atoms with Gasteiger partial charge in [0, 0.05) is 24.8 Å². The third kappa shape index (κ3) is 1.42. The number of halogens is 1. The van der Waals surface area contributed by atoms with Crippen LogP contribution in [0.5, 0.6) is 5.75 Å². The molecule has 3 heteroatoms. The maximum atomic E-state index is 13.5. The Hall–Kier alpha value is -1.09. The second-order valence-corrected chi connectivity index (χ2v) is 4.29. The molecule has 0 atom stereocenters.